The number of rotatable bonds is 5. The molecular formula is C21H25N3O2S. The van der Waals surface area contributed by atoms with E-state index in [1.807, 2.05) is 50.2 Å². The molecule has 3 rings (SSSR count). The summed E-state index contributed by atoms with van der Waals surface area (Å²) in [4.78, 5) is 14.5. The number of anilines is 2. The Morgan fingerprint density at radius 1 is 1.15 bits per heavy atom. The van der Waals surface area contributed by atoms with Crippen molar-refractivity contribution in [2.45, 2.75) is 26.7 Å². The number of thiocarbonyl (C=S) groups is 1. The van der Waals surface area contributed by atoms with Crippen molar-refractivity contribution in [1.29, 1.82) is 0 Å². The minimum absolute atomic E-state index is 0.0838. The zero-order valence-corrected chi connectivity index (χ0v) is 16.6. The number of para-hydroxylation sites is 2. The molecule has 142 valence electrons. The van der Waals surface area contributed by atoms with Crippen LogP contribution in [0.1, 0.15) is 24.0 Å². The zero-order chi connectivity index (χ0) is 19.2. The number of aryl methyl sites for hydroxylation is 2. The fourth-order valence-corrected chi connectivity index (χ4v) is 3.46. The van der Waals surface area contributed by atoms with E-state index < -0.39 is 0 Å². The Morgan fingerprint density at radius 3 is 2.63 bits per heavy atom. The number of nitrogens with zero attached hydrogens (tertiary/aromatic N) is 1. The molecule has 2 aromatic rings. The monoisotopic (exact) mass is 383 g/mol. The van der Waals surface area contributed by atoms with Crippen molar-refractivity contribution < 1.29 is 9.53 Å². The first-order valence-electron chi connectivity index (χ1n) is 9.18. The average Bonchev–Trinajstić information content (AvgIpc) is 3.16. The van der Waals surface area contributed by atoms with Gasteiger partial charge in [0.2, 0.25) is 0 Å². The second kappa shape index (κ2) is 8.86. The highest BCUT2D eigenvalue weighted by Gasteiger charge is 2.16. The molecule has 0 spiro atoms. The Bertz CT molecular complexity index is 832. The van der Waals surface area contributed by atoms with Crippen LogP contribution in [-0.2, 0) is 4.79 Å². The number of ether oxygens (including phenoxy) is 1. The molecule has 1 aliphatic rings. The van der Waals surface area contributed by atoms with Crippen molar-refractivity contribution in [1.82, 2.24) is 5.32 Å². The van der Waals surface area contributed by atoms with Gasteiger partial charge in [0.05, 0.1) is 11.4 Å². The Morgan fingerprint density at radius 2 is 1.89 bits per heavy atom. The molecule has 0 bridgehead atoms. The summed E-state index contributed by atoms with van der Waals surface area (Å²) in [5.74, 6) is 0.417. The third kappa shape index (κ3) is 5.20. The molecule has 27 heavy (non-hydrogen) atoms. The normalized spacial score (nSPS) is 13.3. The number of benzene rings is 2. The molecule has 5 nitrogen and oxygen atoms in total. The molecule has 0 aromatic heterocycles. The highest BCUT2D eigenvalue weighted by molar-refractivity contribution is 7.80. The summed E-state index contributed by atoms with van der Waals surface area (Å²) in [6, 6.07) is 13.9. The van der Waals surface area contributed by atoms with Crippen LogP contribution in [0.5, 0.6) is 5.75 Å². The van der Waals surface area contributed by atoms with E-state index in [1.54, 1.807) is 0 Å². The summed E-state index contributed by atoms with van der Waals surface area (Å²) in [6.07, 6.45) is 2.40. The molecule has 1 heterocycles. The van der Waals surface area contributed by atoms with Gasteiger partial charge in [-0.2, -0.15) is 0 Å². The lowest BCUT2D eigenvalue weighted by molar-refractivity contribution is -0.121. The van der Waals surface area contributed by atoms with E-state index >= 15 is 0 Å². The van der Waals surface area contributed by atoms with Crippen LogP contribution in [0.15, 0.2) is 42.5 Å². The molecule has 0 aliphatic carbocycles. The van der Waals surface area contributed by atoms with Crippen molar-refractivity contribution in [3.63, 3.8) is 0 Å². The summed E-state index contributed by atoms with van der Waals surface area (Å²) in [5, 5.41) is 6.10. The topological polar surface area (TPSA) is 53.6 Å². The van der Waals surface area contributed by atoms with Gasteiger partial charge >= 0.3 is 0 Å². The number of amides is 1. The fourth-order valence-electron chi connectivity index (χ4n) is 3.23. The molecule has 1 aliphatic heterocycles. The Balaban J connectivity index is 1.54. The summed E-state index contributed by atoms with van der Waals surface area (Å²) < 4.78 is 5.60. The highest BCUT2D eigenvalue weighted by atomic mass is 32.1. The predicted octanol–water partition coefficient (Wildman–Crippen LogP) is 3.80. The third-order valence-electron chi connectivity index (χ3n) is 4.54. The molecule has 0 atom stereocenters. The van der Waals surface area contributed by atoms with Gasteiger partial charge in [0.1, 0.15) is 5.75 Å². The Labute approximate surface area is 165 Å². The zero-order valence-electron chi connectivity index (χ0n) is 15.7. The highest BCUT2D eigenvalue weighted by Crippen LogP contribution is 2.28. The van der Waals surface area contributed by atoms with Crippen LogP contribution in [-0.4, -0.2) is 30.7 Å². The quantitative estimate of drug-likeness (QED) is 0.770. The molecule has 2 aromatic carbocycles. The van der Waals surface area contributed by atoms with Gasteiger partial charge < -0.3 is 15.0 Å². The van der Waals surface area contributed by atoms with E-state index in [1.165, 1.54) is 12.8 Å². The number of nitrogens with one attached hydrogen (secondary N) is 2. The van der Waals surface area contributed by atoms with Gasteiger partial charge in [-0.15, -0.1) is 0 Å². The van der Waals surface area contributed by atoms with Crippen molar-refractivity contribution in [3.8, 4) is 5.75 Å². The number of carbonyl (C=O) groups is 1. The molecule has 0 radical (unpaired) electrons. The van der Waals surface area contributed by atoms with Gasteiger partial charge in [-0.25, -0.2) is 0 Å². The summed E-state index contributed by atoms with van der Waals surface area (Å²) >= 11 is 5.30. The second-order valence-corrected chi connectivity index (χ2v) is 7.18. The standard InChI is InChI=1S/C21H25N3O2S/c1-15-9-10-19(16(2)13-15)26-14-20(25)23-21(27)22-17-7-3-4-8-18(17)24-11-5-6-12-24/h3-4,7-10,13H,5-6,11-12,14H2,1-2H3,(H2,22,23,25,27). The number of hydrogen-bond acceptors (Lipinski definition) is 4. The first-order valence-corrected chi connectivity index (χ1v) is 9.58. The average molecular weight is 384 g/mol. The Hall–Kier alpha value is -2.60. The van der Waals surface area contributed by atoms with E-state index in [-0.39, 0.29) is 17.6 Å². The third-order valence-corrected chi connectivity index (χ3v) is 4.75. The minimum Gasteiger partial charge on any atom is -0.483 e. The van der Waals surface area contributed by atoms with Gasteiger partial charge in [-0.3, -0.25) is 10.1 Å². The molecule has 6 heteroatoms. The van der Waals surface area contributed by atoms with E-state index in [2.05, 4.69) is 21.6 Å². The minimum atomic E-state index is -0.286. The van der Waals surface area contributed by atoms with Gasteiger partial charge in [-0.05, 0) is 62.7 Å². The van der Waals surface area contributed by atoms with E-state index in [0.717, 1.165) is 35.6 Å². The first-order chi connectivity index (χ1) is 13.0. The van der Waals surface area contributed by atoms with Gasteiger partial charge in [0, 0.05) is 13.1 Å². The van der Waals surface area contributed by atoms with Crippen LogP contribution in [0.3, 0.4) is 0 Å². The van der Waals surface area contributed by atoms with Crippen molar-refractivity contribution in [2.75, 3.05) is 29.9 Å². The summed E-state index contributed by atoms with van der Waals surface area (Å²) in [7, 11) is 0. The van der Waals surface area contributed by atoms with Crippen LogP contribution in [0.4, 0.5) is 11.4 Å². The molecule has 0 unspecified atom stereocenters. The SMILES string of the molecule is Cc1ccc(OCC(=O)NC(=S)Nc2ccccc2N2CCCC2)c(C)c1. The van der Waals surface area contributed by atoms with Crippen LogP contribution < -0.4 is 20.3 Å². The summed E-state index contributed by atoms with van der Waals surface area (Å²) in [5.41, 5.74) is 4.17. The predicted molar refractivity (Wildman–Crippen MR) is 114 cm³/mol. The van der Waals surface area contributed by atoms with Crippen molar-refractivity contribution in [3.05, 3.63) is 53.6 Å². The maximum absolute atomic E-state index is 12.2. The maximum atomic E-state index is 12.2. The van der Waals surface area contributed by atoms with Gasteiger partial charge in [0.25, 0.3) is 5.91 Å². The molecule has 2 N–H and O–H groups in total. The molecule has 1 amide bonds. The lowest BCUT2D eigenvalue weighted by atomic mass is 10.1. The number of carbonyl (C=O) groups excluding carboxylic acids is 1. The van der Waals surface area contributed by atoms with Crippen molar-refractivity contribution >= 4 is 34.6 Å². The maximum Gasteiger partial charge on any atom is 0.264 e. The van der Waals surface area contributed by atoms with Crippen LogP contribution in [0, 0.1) is 13.8 Å². The van der Waals surface area contributed by atoms with E-state index in [9.17, 15) is 4.79 Å². The van der Waals surface area contributed by atoms with E-state index in [0.29, 0.717) is 5.75 Å². The van der Waals surface area contributed by atoms with Crippen LogP contribution in [0.2, 0.25) is 0 Å². The smallest absolute Gasteiger partial charge is 0.264 e. The fraction of sp³-hybridized carbons (Fsp3) is 0.333. The van der Waals surface area contributed by atoms with Crippen LogP contribution >= 0.6 is 12.2 Å². The largest absolute Gasteiger partial charge is 0.483 e. The second-order valence-electron chi connectivity index (χ2n) is 6.77. The first kappa shape index (κ1) is 19.2. The summed E-state index contributed by atoms with van der Waals surface area (Å²) in [6.45, 7) is 5.98. The molecule has 1 fully saturated rings. The van der Waals surface area contributed by atoms with Gasteiger partial charge in [-0.1, -0.05) is 29.8 Å². The number of hydrogen-bond donors (Lipinski definition) is 2. The van der Waals surface area contributed by atoms with Gasteiger partial charge in [0.15, 0.2) is 11.7 Å². The molecule has 0 saturated carbocycles. The molecule has 1 saturated heterocycles. The lowest BCUT2D eigenvalue weighted by Crippen LogP contribution is -2.37. The molecular weight excluding hydrogens is 358 g/mol. The van der Waals surface area contributed by atoms with Crippen LogP contribution in [0.25, 0.3) is 0 Å². The lowest BCUT2D eigenvalue weighted by Gasteiger charge is -2.22. The van der Waals surface area contributed by atoms with E-state index in [4.69, 9.17) is 17.0 Å². The Kier molecular flexibility index (Phi) is 6.29. The van der Waals surface area contributed by atoms with Crippen molar-refractivity contribution in [2.24, 2.45) is 0 Å².